The second kappa shape index (κ2) is 5.60. The molecule has 0 heterocycles. The maximum atomic E-state index is 11.3. The Bertz CT molecular complexity index is 145. The molecule has 72 valence electrons. The average molecular weight is 189 g/mol. The lowest BCUT2D eigenvalue weighted by Crippen LogP contribution is -2.31. The van der Waals surface area contributed by atoms with Crippen molar-refractivity contribution in [2.75, 3.05) is 0 Å². The topological polar surface area (TPSA) is 29.1 Å². The number of Topliss-reactive ketones (excluding diaryl/α,β-unsaturated/α-hetero) is 1. The van der Waals surface area contributed by atoms with Crippen LogP contribution in [0.1, 0.15) is 34.1 Å². The van der Waals surface area contributed by atoms with Crippen molar-refractivity contribution in [2.45, 2.75) is 40.2 Å². The van der Waals surface area contributed by atoms with Gasteiger partial charge < -0.3 is 0 Å². The summed E-state index contributed by atoms with van der Waals surface area (Å²) in [5.41, 5.74) is 0. The Labute approximate surface area is 80.7 Å². The summed E-state index contributed by atoms with van der Waals surface area (Å²) in [6, 6.07) is 0.197. The van der Waals surface area contributed by atoms with Crippen LogP contribution >= 0.6 is 12.8 Å². The molecule has 1 unspecified atom stereocenters. The van der Waals surface area contributed by atoms with E-state index in [0.29, 0.717) is 18.1 Å². The summed E-state index contributed by atoms with van der Waals surface area (Å²) in [4.78, 5) is 11.3. The molecule has 12 heavy (non-hydrogen) atoms. The third-order valence-corrected chi connectivity index (χ3v) is 2.37. The second-order valence-electron chi connectivity index (χ2n) is 3.80. The molecular formula is C9H19NOS. The molecule has 2 nitrogen and oxygen atoms in total. The summed E-state index contributed by atoms with van der Waals surface area (Å²) in [5.74, 6) is 0.883. The molecule has 0 bridgehead atoms. The first-order valence-electron chi connectivity index (χ1n) is 4.41. The van der Waals surface area contributed by atoms with E-state index in [9.17, 15) is 4.79 Å². The molecular weight excluding hydrogens is 170 g/mol. The lowest BCUT2D eigenvalue weighted by atomic mass is 9.95. The van der Waals surface area contributed by atoms with Gasteiger partial charge in [0.1, 0.15) is 5.78 Å². The summed E-state index contributed by atoms with van der Waals surface area (Å²) in [6.45, 7) is 8.03. The van der Waals surface area contributed by atoms with Crippen LogP contribution in [0.3, 0.4) is 0 Å². The summed E-state index contributed by atoms with van der Waals surface area (Å²) in [7, 11) is 0. The van der Waals surface area contributed by atoms with Gasteiger partial charge in [0.2, 0.25) is 0 Å². The smallest absolute Gasteiger partial charge is 0.137 e. The van der Waals surface area contributed by atoms with Gasteiger partial charge in [0.15, 0.2) is 0 Å². The first-order valence-corrected chi connectivity index (χ1v) is 4.86. The molecule has 0 saturated carbocycles. The monoisotopic (exact) mass is 189 g/mol. The van der Waals surface area contributed by atoms with E-state index >= 15 is 0 Å². The lowest BCUT2D eigenvalue weighted by molar-refractivity contribution is -0.122. The molecule has 0 fully saturated rings. The minimum atomic E-state index is 0.132. The maximum Gasteiger partial charge on any atom is 0.137 e. The van der Waals surface area contributed by atoms with Crippen LogP contribution in [-0.2, 0) is 4.79 Å². The van der Waals surface area contributed by atoms with Crippen LogP contribution in [0.25, 0.3) is 0 Å². The molecule has 0 aromatic rings. The summed E-state index contributed by atoms with van der Waals surface area (Å²) < 4.78 is 2.86. The van der Waals surface area contributed by atoms with Crippen molar-refractivity contribution in [3.05, 3.63) is 0 Å². The highest BCUT2D eigenvalue weighted by molar-refractivity contribution is 7.78. The number of rotatable bonds is 5. The van der Waals surface area contributed by atoms with Gasteiger partial charge in [0.05, 0.1) is 0 Å². The molecule has 0 rings (SSSR count). The zero-order valence-electron chi connectivity index (χ0n) is 8.29. The summed E-state index contributed by atoms with van der Waals surface area (Å²) >= 11 is 4.00. The zero-order valence-corrected chi connectivity index (χ0v) is 9.19. The van der Waals surface area contributed by atoms with E-state index in [-0.39, 0.29) is 12.0 Å². The molecule has 1 N–H and O–H groups in total. The van der Waals surface area contributed by atoms with E-state index in [1.165, 1.54) is 0 Å². The second-order valence-corrected chi connectivity index (χ2v) is 4.06. The summed E-state index contributed by atoms with van der Waals surface area (Å²) in [6.07, 6.45) is 0.582. The van der Waals surface area contributed by atoms with Gasteiger partial charge in [-0.3, -0.25) is 9.52 Å². The van der Waals surface area contributed by atoms with Gasteiger partial charge >= 0.3 is 0 Å². The molecule has 0 aliphatic rings. The Morgan fingerprint density at radius 2 is 1.83 bits per heavy atom. The predicted octanol–water partition coefficient (Wildman–Crippen LogP) is 2.06. The van der Waals surface area contributed by atoms with Crippen molar-refractivity contribution in [3.8, 4) is 0 Å². The SMILES string of the molecule is CC(C)C(=O)CC(NS)C(C)C. The average Bonchev–Trinajstić information content (AvgIpc) is 1.98. The van der Waals surface area contributed by atoms with Crippen LogP contribution in [0.15, 0.2) is 0 Å². The largest absolute Gasteiger partial charge is 0.299 e. The highest BCUT2D eigenvalue weighted by Crippen LogP contribution is 2.10. The van der Waals surface area contributed by atoms with Gasteiger partial charge in [-0.25, -0.2) is 0 Å². The molecule has 1 atom stereocenters. The fourth-order valence-electron chi connectivity index (χ4n) is 0.883. The molecule has 0 aromatic carbocycles. The molecule has 0 aromatic heterocycles. The van der Waals surface area contributed by atoms with Crippen LogP contribution < -0.4 is 4.72 Å². The van der Waals surface area contributed by atoms with Crippen molar-refractivity contribution in [3.63, 3.8) is 0 Å². The standard InChI is InChI=1S/C9H19NOS/c1-6(2)8(10-12)5-9(11)7(3)4/h6-8,10,12H,5H2,1-4H3. The predicted molar refractivity (Wildman–Crippen MR) is 55.2 cm³/mol. The number of ketones is 1. The fraction of sp³-hybridized carbons (Fsp3) is 0.889. The number of hydrogen-bond donors (Lipinski definition) is 2. The van der Waals surface area contributed by atoms with E-state index in [1.54, 1.807) is 0 Å². The van der Waals surface area contributed by atoms with Crippen LogP contribution in [0.5, 0.6) is 0 Å². The van der Waals surface area contributed by atoms with Crippen molar-refractivity contribution in [2.24, 2.45) is 11.8 Å². The molecule has 0 aliphatic carbocycles. The number of nitrogens with one attached hydrogen (secondary N) is 1. The number of thiol groups is 1. The van der Waals surface area contributed by atoms with Crippen LogP contribution in [0.2, 0.25) is 0 Å². The van der Waals surface area contributed by atoms with Crippen LogP contribution in [0.4, 0.5) is 0 Å². The maximum absolute atomic E-state index is 11.3. The highest BCUT2D eigenvalue weighted by Gasteiger charge is 2.17. The summed E-state index contributed by atoms with van der Waals surface area (Å²) in [5, 5.41) is 0. The van der Waals surface area contributed by atoms with E-state index in [1.807, 2.05) is 13.8 Å². The first kappa shape index (κ1) is 12.0. The molecule has 3 heteroatoms. The van der Waals surface area contributed by atoms with Crippen LogP contribution in [0, 0.1) is 11.8 Å². The van der Waals surface area contributed by atoms with Gasteiger partial charge in [0.25, 0.3) is 0 Å². The third-order valence-electron chi connectivity index (χ3n) is 2.04. The minimum Gasteiger partial charge on any atom is -0.299 e. The molecule has 0 spiro atoms. The number of carbonyl (C=O) groups excluding carboxylic acids is 1. The quantitative estimate of drug-likeness (QED) is 0.648. The number of carbonyl (C=O) groups is 1. The molecule has 0 amide bonds. The Morgan fingerprint density at radius 3 is 2.08 bits per heavy atom. The van der Waals surface area contributed by atoms with Crippen molar-refractivity contribution < 1.29 is 4.79 Å². The Balaban J connectivity index is 3.94. The van der Waals surface area contributed by atoms with Crippen molar-refractivity contribution in [1.82, 2.24) is 4.72 Å². The van der Waals surface area contributed by atoms with Crippen LogP contribution in [-0.4, -0.2) is 11.8 Å². The minimum absolute atomic E-state index is 0.132. The zero-order chi connectivity index (χ0) is 9.72. The van der Waals surface area contributed by atoms with Gasteiger partial charge in [-0.05, 0) is 5.92 Å². The van der Waals surface area contributed by atoms with Gasteiger partial charge in [0, 0.05) is 18.4 Å². The van der Waals surface area contributed by atoms with Crippen molar-refractivity contribution >= 4 is 18.6 Å². The first-order chi connectivity index (χ1) is 5.49. The Hall–Kier alpha value is -0.0200. The highest BCUT2D eigenvalue weighted by atomic mass is 32.1. The fourth-order valence-corrected chi connectivity index (χ4v) is 1.27. The molecule has 0 aliphatic heterocycles. The lowest BCUT2D eigenvalue weighted by Gasteiger charge is -2.19. The van der Waals surface area contributed by atoms with E-state index in [0.717, 1.165) is 0 Å². The van der Waals surface area contributed by atoms with Gasteiger partial charge in [-0.2, -0.15) is 0 Å². The third kappa shape index (κ3) is 4.12. The normalized spacial score (nSPS) is 13.9. The molecule has 0 radical (unpaired) electrons. The molecule has 0 saturated heterocycles. The van der Waals surface area contributed by atoms with E-state index in [2.05, 4.69) is 31.4 Å². The number of hydrogen-bond acceptors (Lipinski definition) is 3. The van der Waals surface area contributed by atoms with Crippen molar-refractivity contribution in [1.29, 1.82) is 0 Å². The van der Waals surface area contributed by atoms with Gasteiger partial charge in [-0.1, -0.05) is 40.5 Å². The Morgan fingerprint density at radius 1 is 1.33 bits per heavy atom. The Kier molecular flexibility index (Phi) is 5.59. The van der Waals surface area contributed by atoms with E-state index in [4.69, 9.17) is 0 Å². The van der Waals surface area contributed by atoms with E-state index < -0.39 is 0 Å². The van der Waals surface area contributed by atoms with Gasteiger partial charge in [-0.15, -0.1) is 0 Å².